The van der Waals surface area contributed by atoms with Crippen molar-refractivity contribution in [1.82, 2.24) is 9.55 Å². The SMILES string of the molecule is [CH2+]C1(C)OB(c2ccc(-c3nccn3COCC[Si](C)(C)C)cc2)OC1(C)C. The lowest BCUT2D eigenvalue weighted by atomic mass is 9.79. The van der Waals surface area contributed by atoms with Crippen molar-refractivity contribution in [2.45, 2.75) is 64.4 Å². The first-order chi connectivity index (χ1) is 13.0. The van der Waals surface area contributed by atoms with Crippen molar-refractivity contribution in [1.29, 1.82) is 0 Å². The van der Waals surface area contributed by atoms with Crippen molar-refractivity contribution >= 4 is 20.7 Å². The quantitative estimate of drug-likeness (QED) is 0.402. The van der Waals surface area contributed by atoms with Crippen LogP contribution < -0.4 is 5.46 Å². The minimum absolute atomic E-state index is 0.406. The van der Waals surface area contributed by atoms with E-state index in [1.54, 1.807) is 0 Å². The van der Waals surface area contributed by atoms with E-state index in [1.807, 2.05) is 49.9 Å². The Morgan fingerprint density at radius 3 is 2.39 bits per heavy atom. The molecule has 3 rings (SSSR count). The molecule has 1 saturated heterocycles. The van der Waals surface area contributed by atoms with Gasteiger partial charge in [0.2, 0.25) is 5.60 Å². The molecule has 7 heteroatoms. The van der Waals surface area contributed by atoms with Crippen LogP contribution in [0.3, 0.4) is 0 Å². The number of nitrogens with zero attached hydrogens (tertiary/aromatic N) is 2. The highest BCUT2D eigenvalue weighted by Gasteiger charge is 2.57. The standard InChI is InChI=1S/C21H32BN2O3Si/c1-20(2)21(3,4)27-22(26-20)18-10-8-17(9-11-18)19-23-12-13-24(19)16-25-14-15-28(5,6)7/h8-13H,1,14-16H2,2-7H3/q+1. The van der Waals surface area contributed by atoms with Crippen molar-refractivity contribution < 1.29 is 14.0 Å². The van der Waals surface area contributed by atoms with Gasteiger partial charge in [-0.2, -0.15) is 0 Å². The summed E-state index contributed by atoms with van der Waals surface area (Å²) in [6.07, 6.45) is 3.77. The predicted octanol–water partition coefficient (Wildman–Crippen LogP) is 3.98. The molecule has 1 atom stereocenters. The van der Waals surface area contributed by atoms with Crippen LogP contribution in [0.25, 0.3) is 11.4 Å². The molecule has 0 N–H and O–H groups in total. The highest BCUT2D eigenvalue weighted by Crippen LogP contribution is 2.36. The largest absolute Gasteiger partial charge is 0.497 e. The van der Waals surface area contributed by atoms with Gasteiger partial charge in [0.25, 0.3) is 0 Å². The predicted molar refractivity (Wildman–Crippen MR) is 117 cm³/mol. The lowest BCUT2D eigenvalue weighted by Gasteiger charge is -2.25. The van der Waals surface area contributed by atoms with Gasteiger partial charge in [0, 0.05) is 39.6 Å². The molecule has 1 unspecified atom stereocenters. The van der Waals surface area contributed by atoms with E-state index in [2.05, 4.69) is 43.7 Å². The zero-order valence-electron chi connectivity index (χ0n) is 18.0. The van der Waals surface area contributed by atoms with Gasteiger partial charge in [0.1, 0.15) is 18.2 Å². The molecule has 2 heterocycles. The summed E-state index contributed by atoms with van der Waals surface area (Å²) >= 11 is 0. The summed E-state index contributed by atoms with van der Waals surface area (Å²) in [5, 5.41) is 0. The van der Waals surface area contributed by atoms with Crippen LogP contribution in [-0.4, -0.2) is 42.6 Å². The number of hydrogen-bond acceptors (Lipinski definition) is 4. The molecule has 1 aliphatic heterocycles. The van der Waals surface area contributed by atoms with Crippen LogP contribution in [0.1, 0.15) is 20.8 Å². The molecule has 1 aliphatic rings. The van der Waals surface area contributed by atoms with E-state index < -0.39 is 26.4 Å². The first kappa shape index (κ1) is 21.2. The van der Waals surface area contributed by atoms with Crippen molar-refractivity contribution in [3.63, 3.8) is 0 Å². The maximum atomic E-state index is 6.08. The van der Waals surface area contributed by atoms with Gasteiger partial charge in [0.15, 0.2) is 0 Å². The maximum Gasteiger partial charge on any atom is 0.497 e. The molecule has 1 aromatic carbocycles. The zero-order chi connectivity index (χ0) is 20.6. The smallest absolute Gasteiger partial charge is 0.395 e. The van der Waals surface area contributed by atoms with Gasteiger partial charge < -0.3 is 18.6 Å². The minimum Gasteiger partial charge on any atom is -0.395 e. The third-order valence-electron chi connectivity index (χ3n) is 5.43. The van der Waals surface area contributed by atoms with Gasteiger partial charge in [0.05, 0.1) is 6.92 Å². The Morgan fingerprint density at radius 1 is 1.14 bits per heavy atom. The van der Waals surface area contributed by atoms with Crippen LogP contribution in [0.2, 0.25) is 25.7 Å². The van der Waals surface area contributed by atoms with Crippen LogP contribution >= 0.6 is 0 Å². The third kappa shape index (κ3) is 4.71. The monoisotopic (exact) mass is 399 g/mol. The number of imidazole rings is 1. The Hall–Kier alpha value is -1.54. The highest BCUT2D eigenvalue weighted by atomic mass is 28.3. The van der Waals surface area contributed by atoms with Crippen LogP contribution in [0.5, 0.6) is 0 Å². The fourth-order valence-corrected chi connectivity index (χ4v) is 3.69. The molecule has 0 aliphatic carbocycles. The summed E-state index contributed by atoms with van der Waals surface area (Å²) in [5.74, 6) is 0.898. The van der Waals surface area contributed by atoms with Crippen LogP contribution in [-0.2, 0) is 20.8 Å². The molecule has 0 amide bonds. The average Bonchev–Trinajstić information content (AvgIpc) is 3.13. The lowest BCUT2D eigenvalue weighted by molar-refractivity contribution is 0.0262. The second-order valence-corrected chi connectivity index (χ2v) is 15.1. The van der Waals surface area contributed by atoms with E-state index in [9.17, 15) is 0 Å². The molecule has 150 valence electrons. The first-order valence-electron chi connectivity index (χ1n) is 9.89. The van der Waals surface area contributed by atoms with E-state index >= 15 is 0 Å². The van der Waals surface area contributed by atoms with Gasteiger partial charge in [-0.25, -0.2) is 4.98 Å². The van der Waals surface area contributed by atoms with Gasteiger partial charge in [-0.15, -0.1) is 0 Å². The first-order valence-corrected chi connectivity index (χ1v) is 13.6. The molecular formula is C21H32BN2O3Si+. The molecule has 1 fully saturated rings. The number of rotatable bonds is 7. The molecule has 28 heavy (non-hydrogen) atoms. The fraction of sp³-hybridized carbons (Fsp3) is 0.524. The molecule has 0 bridgehead atoms. The molecule has 0 radical (unpaired) electrons. The number of benzene rings is 1. The molecule has 1 aromatic heterocycles. The van der Waals surface area contributed by atoms with Crippen LogP contribution in [0, 0.1) is 6.92 Å². The van der Waals surface area contributed by atoms with E-state index in [4.69, 9.17) is 14.0 Å². The number of hydrogen-bond donors (Lipinski definition) is 0. The number of aromatic nitrogens is 2. The highest BCUT2D eigenvalue weighted by molar-refractivity contribution is 6.76. The van der Waals surface area contributed by atoms with Crippen molar-refractivity contribution in [3.05, 3.63) is 43.6 Å². The second-order valence-electron chi connectivity index (χ2n) is 9.50. The van der Waals surface area contributed by atoms with Crippen LogP contribution in [0.4, 0.5) is 0 Å². The summed E-state index contributed by atoms with van der Waals surface area (Å²) in [7, 11) is -1.48. The van der Waals surface area contributed by atoms with E-state index in [0.29, 0.717) is 6.73 Å². The Labute approximate surface area is 170 Å². The summed E-state index contributed by atoms with van der Waals surface area (Å²) in [4.78, 5) is 4.51. The Morgan fingerprint density at radius 2 is 1.82 bits per heavy atom. The lowest BCUT2D eigenvalue weighted by Crippen LogP contribution is -2.42. The molecule has 5 nitrogen and oxygen atoms in total. The molecule has 0 spiro atoms. The number of ether oxygens (including phenoxy) is 1. The van der Waals surface area contributed by atoms with Gasteiger partial charge in [-0.3, -0.25) is 0 Å². The summed E-state index contributed by atoms with van der Waals surface area (Å²) in [5.41, 5.74) is 0.991. The summed E-state index contributed by atoms with van der Waals surface area (Å²) in [6, 6.07) is 9.32. The summed E-state index contributed by atoms with van der Waals surface area (Å²) in [6.45, 7) is 18.5. The van der Waals surface area contributed by atoms with Gasteiger partial charge in [-0.05, 0) is 25.4 Å². The normalized spacial score (nSPS) is 22.0. The minimum atomic E-state index is -1.07. The molecule has 0 saturated carbocycles. The summed E-state index contributed by atoms with van der Waals surface area (Å²) < 4.78 is 20.0. The Bertz CT molecular complexity index is 781. The average molecular weight is 399 g/mol. The van der Waals surface area contributed by atoms with Gasteiger partial charge >= 0.3 is 7.12 Å². The van der Waals surface area contributed by atoms with Gasteiger partial charge in [-0.1, -0.05) is 43.9 Å². The molecular weight excluding hydrogens is 367 g/mol. The van der Waals surface area contributed by atoms with E-state index in [0.717, 1.165) is 29.5 Å². The topological polar surface area (TPSA) is 45.5 Å². The van der Waals surface area contributed by atoms with Crippen molar-refractivity contribution in [2.75, 3.05) is 6.61 Å². The van der Waals surface area contributed by atoms with E-state index in [-0.39, 0.29) is 0 Å². The van der Waals surface area contributed by atoms with Crippen molar-refractivity contribution in [3.8, 4) is 11.4 Å². The van der Waals surface area contributed by atoms with Crippen molar-refractivity contribution in [2.24, 2.45) is 0 Å². The van der Waals surface area contributed by atoms with Crippen LogP contribution in [0.15, 0.2) is 36.7 Å². The Balaban J connectivity index is 1.66. The zero-order valence-corrected chi connectivity index (χ0v) is 19.0. The van der Waals surface area contributed by atoms with E-state index in [1.165, 1.54) is 0 Å². The second kappa shape index (κ2) is 7.71. The Kier molecular flexibility index (Phi) is 5.83. The third-order valence-corrected chi connectivity index (χ3v) is 7.13. The molecule has 2 aromatic rings. The fourth-order valence-electron chi connectivity index (χ4n) is 2.93. The maximum absolute atomic E-state index is 6.08.